The molecule has 0 unspecified atom stereocenters. The van der Waals surface area contributed by atoms with E-state index >= 15 is 0 Å². The number of ether oxygens (including phenoxy) is 2. The average molecular weight is 343 g/mol. The second-order valence-electron chi connectivity index (χ2n) is 5.16. The Morgan fingerprint density at radius 2 is 1.96 bits per heavy atom. The Labute approximate surface area is 148 Å². The zero-order valence-electron chi connectivity index (χ0n) is 15.2. The van der Waals surface area contributed by atoms with Gasteiger partial charge in [-0.2, -0.15) is 0 Å². The van der Waals surface area contributed by atoms with Crippen molar-refractivity contribution < 1.29 is 19.4 Å². The highest BCUT2D eigenvalue weighted by Gasteiger charge is 2.22. The molecule has 0 amide bonds. The van der Waals surface area contributed by atoms with Gasteiger partial charge >= 0.3 is 5.97 Å². The number of carbonyl (C=O) groups excluding carboxylic acids is 1. The van der Waals surface area contributed by atoms with Crippen LogP contribution in [0.5, 0.6) is 5.75 Å². The maximum Gasteiger partial charge on any atom is 0.340 e. The number of phenols is 1. The number of allylic oxidation sites excluding steroid dienone is 4. The lowest BCUT2D eigenvalue weighted by Crippen LogP contribution is -2.07. The van der Waals surface area contributed by atoms with Gasteiger partial charge in [0.1, 0.15) is 5.75 Å². The van der Waals surface area contributed by atoms with Crippen LogP contribution >= 0.6 is 0 Å². The van der Waals surface area contributed by atoms with Crippen LogP contribution < -0.4 is 0 Å². The van der Waals surface area contributed by atoms with Crippen molar-refractivity contribution in [3.63, 3.8) is 0 Å². The normalized spacial score (nSPS) is 10.8. The van der Waals surface area contributed by atoms with Gasteiger partial charge in [-0.05, 0) is 44.2 Å². The molecule has 0 aliphatic carbocycles. The molecule has 1 aromatic heterocycles. The molecule has 5 nitrogen and oxygen atoms in total. The number of benzene rings is 1. The van der Waals surface area contributed by atoms with E-state index < -0.39 is 5.97 Å². The first-order valence-electron chi connectivity index (χ1n) is 7.83. The topological polar surface area (TPSA) is 60.7 Å². The summed E-state index contributed by atoms with van der Waals surface area (Å²) in [4.78, 5) is 12.3. The number of aromatic nitrogens is 1. The van der Waals surface area contributed by atoms with E-state index in [-0.39, 0.29) is 5.75 Å². The summed E-state index contributed by atoms with van der Waals surface area (Å²) in [6.45, 7) is 11.4. The molecule has 1 N–H and O–H groups in total. The van der Waals surface area contributed by atoms with Crippen LogP contribution in [-0.4, -0.2) is 36.5 Å². The van der Waals surface area contributed by atoms with E-state index in [0.717, 1.165) is 16.9 Å². The number of phenolic OH excluding ortho intramolecular Hbond substituents is 1. The van der Waals surface area contributed by atoms with Gasteiger partial charge < -0.3 is 19.1 Å². The van der Waals surface area contributed by atoms with Crippen LogP contribution in [0.25, 0.3) is 16.6 Å². The van der Waals surface area contributed by atoms with Crippen molar-refractivity contribution in [3.05, 3.63) is 60.8 Å². The molecule has 0 atom stereocenters. The summed E-state index contributed by atoms with van der Waals surface area (Å²) in [7, 11) is 3.25. The molecule has 1 heterocycles. The Bertz CT molecular complexity index is 800. The molecule has 0 aliphatic heterocycles. The number of methoxy groups -OCH3 is 1. The van der Waals surface area contributed by atoms with Crippen LogP contribution in [-0.2, 0) is 9.47 Å². The second kappa shape index (κ2) is 9.49. The predicted molar refractivity (Wildman–Crippen MR) is 102 cm³/mol. The van der Waals surface area contributed by atoms with Crippen LogP contribution in [0.4, 0.5) is 0 Å². The molecule has 0 spiro atoms. The van der Waals surface area contributed by atoms with E-state index in [1.165, 1.54) is 0 Å². The minimum absolute atomic E-state index is 0.100. The van der Waals surface area contributed by atoms with Gasteiger partial charge in [0.2, 0.25) is 0 Å². The fraction of sp³-hybridized carbons (Fsp3) is 0.250. The Morgan fingerprint density at radius 3 is 2.48 bits per heavy atom. The monoisotopic (exact) mass is 343 g/mol. The molecule has 0 aliphatic rings. The van der Waals surface area contributed by atoms with Crippen molar-refractivity contribution in [1.29, 1.82) is 0 Å². The minimum atomic E-state index is -0.406. The lowest BCUT2D eigenvalue weighted by atomic mass is 10.1. The Morgan fingerprint density at radius 1 is 1.32 bits per heavy atom. The maximum absolute atomic E-state index is 12.3. The van der Waals surface area contributed by atoms with E-state index in [1.807, 2.05) is 11.5 Å². The van der Waals surface area contributed by atoms with Gasteiger partial charge in [0.05, 0.1) is 17.7 Å². The molecule has 0 bridgehead atoms. The molecule has 0 saturated heterocycles. The minimum Gasteiger partial charge on any atom is -0.508 e. The Hall–Kier alpha value is -2.79. The van der Waals surface area contributed by atoms with Gasteiger partial charge in [-0.25, -0.2) is 4.79 Å². The summed E-state index contributed by atoms with van der Waals surface area (Å²) in [6.07, 6.45) is 5.16. The standard InChI is InChI=1S/C18H19NO3.C2H6O/c1-5-8-13(6-2)19-12(4)17(18(21)22-7-3)15-11-14(20)9-10-16(15)19;1-3-2/h5-6,8-11,20H,1-2,7H2,3-4H3;1-2H3/b13-8+;. The Kier molecular flexibility index (Phi) is 7.69. The number of rotatable bonds is 5. The highest BCUT2D eigenvalue weighted by Crippen LogP contribution is 2.32. The van der Waals surface area contributed by atoms with E-state index in [9.17, 15) is 9.90 Å². The van der Waals surface area contributed by atoms with Crippen molar-refractivity contribution >= 4 is 22.6 Å². The number of fused-ring (bicyclic) bond motifs is 1. The average Bonchev–Trinajstić information content (AvgIpc) is 2.85. The molecule has 1 aromatic carbocycles. The Balaban J connectivity index is 0.000000970. The lowest BCUT2D eigenvalue weighted by molar-refractivity contribution is 0.0527. The van der Waals surface area contributed by atoms with Gasteiger partial charge in [0, 0.05) is 31.0 Å². The first-order valence-corrected chi connectivity index (χ1v) is 7.83. The summed E-state index contributed by atoms with van der Waals surface area (Å²) >= 11 is 0. The van der Waals surface area contributed by atoms with Gasteiger partial charge in [-0.3, -0.25) is 0 Å². The number of carbonyl (C=O) groups is 1. The zero-order chi connectivity index (χ0) is 19.0. The maximum atomic E-state index is 12.3. The first kappa shape index (κ1) is 20.3. The van der Waals surface area contributed by atoms with Crippen molar-refractivity contribution in [2.75, 3.05) is 20.8 Å². The molecule has 25 heavy (non-hydrogen) atoms. The lowest BCUT2D eigenvalue weighted by Gasteiger charge is -2.09. The van der Waals surface area contributed by atoms with Crippen molar-refractivity contribution in [2.24, 2.45) is 0 Å². The third kappa shape index (κ3) is 4.39. The summed E-state index contributed by atoms with van der Waals surface area (Å²) in [6, 6.07) is 4.92. The fourth-order valence-corrected chi connectivity index (χ4v) is 2.55. The quantitative estimate of drug-likeness (QED) is 0.649. The molecule has 5 heteroatoms. The molecule has 134 valence electrons. The van der Waals surface area contributed by atoms with Crippen molar-refractivity contribution in [1.82, 2.24) is 4.57 Å². The van der Waals surface area contributed by atoms with Crippen LogP contribution in [0.1, 0.15) is 23.0 Å². The van der Waals surface area contributed by atoms with E-state index in [1.54, 1.807) is 57.6 Å². The van der Waals surface area contributed by atoms with Crippen molar-refractivity contribution in [2.45, 2.75) is 13.8 Å². The van der Waals surface area contributed by atoms with E-state index in [0.29, 0.717) is 17.6 Å². The van der Waals surface area contributed by atoms with Gasteiger partial charge in [-0.15, -0.1) is 0 Å². The molecule has 2 rings (SSSR count). The summed E-state index contributed by atoms with van der Waals surface area (Å²) < 4.78 is 11.3. The van der Waals surface area contributed by atoms with Gasteiger partial charge in [0.15, 0.2) is 0 Å². The van der Waals surface area contributed by atoms with Crippen LogP contribution in [0.3, 0.4) is 0 Å². The second-order valence-corrected chi connectivity index (χ2v) is 5.16. The predicted octanol–water partition coefficient (Wildman–Crippen LogP) is 4.31. The first-order chi connectivity index (χ1) is 12.0. The van der Waals surface area contributed by atoms with Gasteiger partial charge in [0.25, 0.3) is 0 Å². The molecule has 2 aromatic rings. The third-order valence-electron chi connectivity index (χ3n) is 3.42. The van der Waals surface area contributed by atoms with Crippen LogP contribution in [0.15, 0.2) is 49.6 Å². The molecular formula is C20H25NO4. The summed E-state index contributed by atoms with van der Waals surface area (Å²) in [5.74, 6) is -0.306. The largest absolute Gasteiger partial charge is 0.508 e. The molecule has 0 radical (unpaired) electrons. The van der Waals surface area contributed by atoms with Crippen LogP contribution in [0, 0.1) is 6.92 Å². The number of aromatic hydroxyl groups is 1. The number of hydrogen-bond donors (Lipinski definition) is 1. The molecule has 0 saturated carbocycles. The SMILES string of the molecule is C=C/C=C(\C=C)n1c(C)c(C(=O)OCC)c2cc(O)ccc21.COC. The van der Waals surface area contributed by atoms with E-state index in [2.05, 4.69) is 17.9 Å². The zero-order valence-corrected chi connectivity index (χ0v) is 15.2. The van der Waals surface area contributed by atoms with Gasteiger partial charge in [-0.1, -0.05) is 19.2 Å². The highest BCUT2D eigenvalue weighted by atomic mass is 16.5. The number of nitrogens with zero attached hydrogens (tertiary/aromatic N) is 1. The van der Waals surface area contributed by atoms with Crippen LogP contribution in [0.2, 0.25) is 0 Å². The fourth-order valence-electron chi connectivity index (χ4n) is 2.55. The third-order valence-corrected chi connectivity index (χ3v) is 3.42. The molecule has 0 fully saturated rings. The summed E-state index contributed by atoms with van der Waals surface area (Å²) in [5.41, 5.74) is 2.77. The smallest absolute Gasteiger partial charge is 0.340 e. The summed E-state index contributed by atoms with van der Waals surface area (Å²) in [5, 5.41) is 10.4. The number of hydrogen-bond acceptors (Lipinski definition) is 4. The highest BCUT2D eigenvalue weighted by molar-refractivity contribution is 6.07. The van der Waals surface area contributed by atoms with Crippen molar-refractivity contribution in [3.8, 4) is 5.75 Å². The molecular weight excluding hydrogens is 318 g/mol. The number of esters is 1. The van der Waals surface area contributed by atoms with E-state index in [4.69, 9.17) is 4.74 Å².